The molecule has 2 unspecified atom stereocenters. The van der Waals surface area contributed by atoms with E-state index in [4.69, 9.17) is 5.11 Å². The quantitative estimate of drug-likeness (QED) is 0.839. The van der Waals surface area contributed by atoms with Crippen molar-refractivity contribution in [1.29, 1.82) is 0 Å². The summed E-state index contributed by atoms with van der Waals surface area (Å²) in [6.07, 6.45) is 6.41. The van der Waals surface area contributed by atoms with Crippen LogP contribution in [0.15, 0.2) is 18.5 Å². The molecule has 0 radical (unpaired) electrons. The number of nitrogens with one attached hydrogen (secondary N) is 1. The molecule has 1 heterocycles. The summed E-state index contributed by atoms with van der Waals surface area (Å²) >= 11 is 0. The number of carbonyl (C=O) groups is 1. The smallest absolute Gasteiger partial charge is 0.306 e. The molecule has 0 aliphatic heterocycles. The van der Waals surface area contributed by atoms with Gasteiger partial charge in [0, 0.05) is 24.6 Å². The Morgan fingerprint density at radius 2 is 2.41 bits per heavy atom. The Hall–Kier alpha value is -1.58. The molecule has 4 heteroatoms. The zero-order chi connectivity index (χ0) is 12.3. The van der Waals surface area contributed by atoms with E-state index in [1.54, 1.807) is 6.20 Å². The maximum Gasteiger partial charge on any atom is 0.306 e. The first-order valence-corrected chi connectivity index (χ1v) is 6.06. The molecular weight excluding hydrogens is 216 g/mol. The molecule has 0 aromatic carbocycles. The van der Waals surface area contributed by atoms with E-state index in [9.17, 15) is 4.79 Å². The highest BCUT2D eigenvalue weighted by Gasteiger charge is 2.32. The Kier molecular flexibility index (Phi) is 3.61. The second-order valence-corrected chi connectivity index (χ2v) is 4.71. The summed E-state index contributed by atoms with van der Waals surface area (Å²) in [5.41, 5.74) is 2.15. The van der Waals surface area contributed by atoms with Crippen LogP contribution in [0.2, 0.25) is 0 Å². The van der Waals surface area contributed by atoms with E-state index >= 15 is 0 Å². The summed E-state index contributed by atoms with van der Waals surface area (Å²) in [5.74, 6) is -0.578. The van der Waals surface area contributed by atoms with Gasteiger partial charge in [0.15, 0.2) is 0 Å². The molecule has 0 bridgehead atoms. The minimum absolute atomic E-state index is 0.176. The van der Waals surface area contributed by atoms with Gasteiger partial charge in [-0.15, -0.1) is 0 Å². The van der Waals surface area contributed by atoms with Crippen molar-refractivity contribution < 1.29 is 9.90 Å². The number of hydrogen-bond acceptors (Lipinski definition) is 3. The fraction of sp³-hybridized carbons (Fsp3) is 0.538. The molecule has 0 saturated heterocycles. The molecular formula is C13H18N2O2. The fourth-order valence-electron chi connectivity index (χ4n) is 2.52. The van der Waals surface area contributed by atoms with Gasteiger partial charge in [-0.25, -0.2) is 0 Å². The molecule has 2 atom stereocenters. The van der Waals surface area contributed by atoms with E-state index in [0.717, 1.165) is 37.1 Å². The standard InChI is InChI=1S/C13H18N2O2/c1-9-7-14-6-5-12(9)15-8-10-3-2-4-11(10)13(16)17/h5-7,10-11H,2-4,8H2,1H3,(H,14,15)(H,16,17). The van der Waals surface area contributed by atoms with Gasteiger partial charge in [0.1, 0.15) is 0 Å². The first-order chi connectivity index (χ1) is 8.18. The molecule has 1 saturated carbocycles. The lowest BCUT2D eigenvalue weighted by molar-refractivity contribution is -0.142. The van der Waals surface area contributed by atoms with E-state index in [1.807, 2.05) is 19.2 Å². The van der Waals surface area contributed by atoms with Gasteiger partial charge in [-0.1, -0.05) is 6.42 Å². The minimum Gasteiger partial charge on any atom is -0.481 e. The van der Waals surface area contributed by atoms with Crippen LogP contribution in [-0.4, -0.2) is 22.6 Å². The van der Waals surface area contributed by atoms with Gasteiger partial charge in [0.25, 0.3) is 0 Å². The van der Waals surface area contributed by atoms with Crippen molar-refractivity contribution >= 4 is 11.7 Å². The third kappa shape index (κ3) is 2.75. The first-order valence-electron chi connectivity index (χ1n) is 6.06. The molecule has 1 aliphatic rings. The number of rotatable bonds is 4. The third-order valence-electron chi connectivity index (χ3n) is 3.55. The normalized spacial score (nSPS) is 23.6. The number of aliphatic carboxylic acids is 1. The SMILES string of the molecule is Cc1cnccc1NCC1CCCC1C(=O)O. The maximum atomic E-state index is 11.1. The number of aromatic nitrogens is 1. The molecule has 0 spiro atoms. The predicted molar refractivity (Wildman–Crippen MR) is 65.9 cm³/mol. The van der Waals surface area contributed by atoms with Crippen molar-refractivity contribution in [2.24, 2.45) is 11.8 Å². The lowest BCUT2D eigenvalue weighted by Gasteiger charge is -2.17. The topological polar surface area (TPSA) is 62.2 Å². The molecule has 1 aromatic heterocycles. The monoisotopic (exact) mass is 234 g/mol. The first kappa shape index (κ1) is 11.9. The second kappa shape index (κ2) is 5.17. The lowest BCUT2D eigenvalue weighted by Crippen LogP contribution is -2.24. The number of hydrogen-bond donors (Lipinski definition) is 2. The number of aryl methyl sites for hydroxylation is 1. The summed E-state index contributed by atoms with van der Waals surface area (Å²) in [5, 5.41) is 12.4. The zero-order valence-electron chi connectivity index (χ0n) is 10.0. The maximum absolute atomic E-state index is 11.1. The van der Waals surface area contributed by atoms with Crippen molar-refractivity contribution in [3.8, 4) is 0 Å². The number of carboxylic acids is 1. The molecule has 0 amide bonds. The Balaban J connectivity index is 1.94. The molecule has 2 N–H and O–H groups in total. The van der Waals surface area contributed by atoms with Crippen molar-refractivity contribution in [2.75, 3.05) is 11.9 Å². The van der Waals surface area contributed by atoms with Gasteiger partial charge in [0.2, 0.25) is 0 Å². The van der Waals surface area contributed by atoms with Crippen LogP contribution in [0.4, 0.5) is 5.69 Å². The van der Waals surface area contributed by atoms with Crippen LogP contribution < -0.4 is 5.32 Å². The molecule has 92 valence electrons. The number of pyridine rings is 1. The molecule has 17 heavy (non-hydrogen) atoms. The van der Waals surface area contributed by atoms with Crippen LogP contribution >= 0.6 is 0 Å². The van der Waals surface area contributed by atoms with Crippen molar-refractivity contribution in [1.82, 2.24) is 4.98 Å². The number of nitrogens with zero attached hydrogens (tertiary/aromatic N) is 1. The van der Waals surface area contributed by atoms with Gasteiger partial charge in [-0.2, -0.15) is 0 Å². The number of carboxylic acid groups (broad SMARTS) is 1. The van der Waals surface area contributed by atoms with Crippen LogP contribution in [0.3, 0.4) is 0 Å². The van der Waals surface area contributed by atoms with Crippen LogP contribution in [0.1, 0.15) is 24.8 Å². The van der Waals surface area contributed by atoms with Gasteiger partial charge in [-0.05, 0) is 37.3 Å². The summed E-state index contributed by atoms with van der Waals surface area (Å²) in [6.45, 7) is 2.74. The molecule has 1 aliphatic carbocycles. The molecule has 4 nitrogen and oxygen atoms in total. The summed E-state index contributed by atoms with van der Waals surface area (Å²) in [7, 11) is 0. The van der Waals surface area contributed by atoms with E-state index in [0.29, 0.717) is 0 Å². The Bertz CT molecular complexity index is 406. The lowest BCUT2D eigenvalue weighted by atomic mass is 9.96. The van der Waals surface area contributed by atoms with Crippen molar-refractivity contribution in [2.45, 2.75) is 26.2 Å². The third-order valence-corrected chi connectivity index (χ3v) is 3.55. The van der Waals surface area contributed by atoms with Crippen molar-refractivity contribution in [3.63, 3.8) is 0 Å². The van der Waals surface area contributed by atoms with Gasteiger partial charge >= 0.3 is 5.97 Å². The molecule has 1 fully saturated rings. The molecule has 1 aromatic rings. The average molecular weight is 234 g/mol. The Morgan fingerprint density at radius 3 is 3.12 bits per heavy atom. The molecule has 2 rings (SSSR count). The zero-order valence-corrected chi connectivity index (χ0v) is 10.0. The summed E-state index contributed by atoms with van der Waals surface area (Å²) < 4.78 is 0. The van der Waals surface area contributed by atoms with Crippen LogP contribution in [0.25, 0.3) is 0 Å². The van der Waals surface area contributed by atoms with E-state index in [1.165, 1.54) is 0 Å². The highest BCUT2D eigenvalue weighted by atomic mass is 16.4. The Morgan fingerprint density at radius 1 is 1.59 bits per heavy atom. The summed E-state index contributed by atoms with van der Waals surface area (Å²) in [6, 6.07) is 1.93. The van der Waals surface area contributed by atoms with Gasteiger partial charge in [-0.3, -0.25) is 9.78 Å². The predicted octanol–water partition coefficient (Wildman–Crippen LogP) is 2.30. The highest BCUT2D eigenvalue weighted by Crippen LogP contribution is 2.32. The van der Waals surface area contributed by atoms with Crippen LogP contribution in [0, 0.1) is 18.8 Å². The number of anilines is 1. The van der Waals surface area contributed by atoms with Gasteiger partial charge < -0.3 is 10.4 Å². The highest BCUT2D eigenvalue weighted by molar-refractivity contribution is 5.70. The Labute approximate surface area is 101 Å². The summed E-state index contributed by atoms with van der Waals surface area (Å²) in [4.78, 5) is 15.1. The van der Waals surface area contributed by atoms with E-state index in [2.05, 4.69) is 10.3 Å². The fourth-order valence-corrected chi connectivity index (χ4v) is 2.52. The van der Waals surface area contributed by atoms with E-state index < -0.39 is 5.97 Å². The largest absolute Gasteiger partial charge is 0.481 e. The van der Waals surface area contributed by atoms with Crippen LogP contribution in [-0.2, 0) is 4.79 Å². The van der Waals surface area contributed by atoms with Gasteiger partial charge in [0.05, 0.1) is 5.92 Å². The van der Waals surface area contributed by atoms with E-state index in [-0.39, 0.29) is 11.8 Å². The minimum atomic E-state index is -0.652. The average Bonchev–Trinajstić information content (AvgIpc) is 2.76. The second-order valence-electron chi connectivity index (χ2n) is 4.71. The van der Waals surface area contributed by atoms with Crippen molar-refractivity contribution in [3.05, 3.63) is 24.0 Å². The van der Waals surface area contributed by atoms with Crippen LogP contribution in [0.5, 0.6) is 0 Å².